The van der Waals surface area contributed by atoms with E-state index in [0.29, 0.717) is 12.1 Å². The van der Waals surface area contributed by atoms with E-state index in [1.54, 1.807) is 12.1 Å². The number of carboxylic acid groups (broad SMARTS) is 1. The number of amides is 2. The molecule has 0 saturated heterocycles. The molecule has 3 N–H and O–H groups in total. The Morgan fingerprint density at radius 3 is 2.42 bits per heavy atom. The molecule has 19 heavy (non-hydrogen) atoms. The van der Waals surface area contributed by atoms with Crippen LogP contribution in [0.1, 0.15) is 32.8 Å². The average molecular weight is 264 g/mol. The van der Waals surface area contributed by atoms with Gasteiger partial charge in [0.25, 0.3) is 0 Å². The Morgan fingerprint density at radius 1 is 1.21 bits per heavy atom. The number of nitrogens with one attached hydrogen (secondary N) is 2. The number of carbonyl (C=O) groups is 2. The van der Waals surface area contributed by atoms with Crippen LogP contribution >= 0.6 is 0 Å². The predicted molar refractivity (Wildman–Crippen MR) is 74.3 cm³/mol. The molecule has 5 heteroatoms. The summed E-state index contributed by atoms with van der Waals surface area (Å²) in [6, 6.07) is 6.91. The number of carbonyl (C=O) groups excluding carboxylic acids is 1. The molecule has 2 amide bonds. The molecule has 5 nitrogen and oxygen atoms in total. The summed E-state index contributed by atoms with van der Waals surface area (Å²) >= 11 is 0. The zero-order valence-corrected chi connectivity index (χ0v) is 11.5. The van der Waals surface area contributed by atoms with Gasteiger partial charge >= 0.3 is 12.0 Å². The average Bonchev–Trinajstić information content (AvgIpc) is 2.25. The minimum absolute atomic E-state index is 0.0413. The normalized spacial score (nSPS) is 10.9. The molecule has 0 aliphatic carbocycles. The number of rotatable bonds is 4. The number of hydrogen-bond donors (Lipinski definition) is 3. The Bertz CT molecular complexity index is 464. The van der Waals surface area contributed by atoms with E-state index in [0.717, 1.165) is 5.56 Å². The SMILES string of the molecule is CC(C)(C)NC(=O)Nc1ccccc1CCC(=O)O. The van der Waals surface area contributed by atoms with Gasteiger partial charge in [0, 0.05) is 17.6 Å². The summed E-state index contributed by atoms with van der Waals surface area (Å²) in [6.07, 6.45) is 0.431. The molecule has 0 aliphatic heterocycles. The summed E-state index contributed by atoms with van der Waals surface area (Å²) in [4.78, 5) is 22.4. The minimum atomic E-state index is -0.853. The van der Waals surface area contributed by atoms with E-state index in [2.05, 4.69) is 10.6 Å². The number of carboxylic acids is 1. The third kappa shape index (κ3) is 5.90. The highest BCUT2D eigenvalue weighted by Gasteiger charge is 2.14. The lowest BCUT2D eigenvalue weighted by Gasteiger charge is -2.21. The summed E-state index contributed by atoms with van der Waals surface area (Å²) in [5.74, 6) is -0.853. The van der Waals surface area contributed by atoms with Gasteiger partial charge in [-0.3, -0.25) is 4.79 Å². The maximum absolute atomic E-state index is 11.8. The second-order valence-corrected chi connectivity index (χ2v) is 5.38. The van der Waals surface area contributed by atoms with Gasteiger partial charge in [0.2, 0.25) is 0 Å². The largest absolute Gasteiger partial charge is 0.481 e. The van der Waals surface area contributed by atoms with Gasteiger partial charge in [0.1, 0.15) is 0 Å². The fourth-order valence-electron chi connectivity index (χ4n) is 1.60. The van der Waals surface area contributed by atoms with Gasteiger partial charge < -0.3 is 15.7 Å². The molecule has 0 spiro atoms. The van der Waals surface area contributed by atoms with E-state index in [9.17, 15) is 9.59 Å². The summed E-state index contributed by atoms with van der Waals surface area (Å²) in [6.45, 7) is 5.68. The molecule has 0 bridgehead atoms. The molecule has 104 valence electrons. The fraction of sp³-hybridized carbons (Fsp3) is 0.429. The van der Waals surface area contributed by atoms with Gasteiger partial charge in [-0.2, -0.15) is 0 Å². The van der Waals surface area contributed by atoms with Crippen LogP contribution in [0.5, 0.6) is 0 Å². The maximum Gasteiger partial charge on any atom is 0.319 e. The number of benzene rings is 1. The van der Waals surface area contributed by atoms with Gasteiger partial charge in [-0.1, -0.05) is 18.2 Å². The molecule has 0 saturated carbocycles. The van der Waals surface area contributed by atoms with Gasteiger partial charge in [-0.25, -0.2) is 4.79 Å². The third-order valence-electron chi connectivity index (χ3n) is 2.36. The molecule has 0 aliphatic rings. The molecule has 0 heterocycles. The Hall–Kier alpha value is -2.04. The molecule has 0 fully saturated rings. The van der Waals surface area contributed by atoms with Crippen LogP contribution in [0.4, 0.5) is 10.5 Å². The van der Waals surface area contributed by atoms with Crippen molar-refractivity contribution >= 4 is 17.7 Å². The van der Waals surface area contributed by atoms with Gasteiger partial charge in [-0.15, -0.1) is 0 Å². The van der Waals surface area contributed by atoms with E-state index in [4.69, 9.17) is 5.11 Å². The standard InChI is InChI=1S/C14H20N2O3/c1-14(2,3)16-13(19)15-11-7-5-4-6-10(11)8-9-12(17)18/h4-7H,8-9H2,1-3H3,(H,17,18)(H2,15,16,19). The topological polar surface area (TPSA) is 78.4 Å². The van der Waals surface area contributed by atoms with Crippen LogP contribution in [0.25, 0.3) is 0 Å². The van der Waals surface area contributed by atoms with Crippen molar-refractivity contribution in [1.82, 2.24) is 5.32 Å². The number of anilines is 1. The summed E-state index contributed by atoms with van der Waals surface area (Å²) in [5, 5.41) is 14.2. The Labute approximate surface area is 113 Å². The van der Waals surface area contributed by atoms with Crippen LogP contribution in [0.2, 0.25) is 0 Å². The van der Waals surface area contributed by atoms with Crippen LogP contribution in [-0.4, -0.2) is 22.6 Å². The zero-order valence-electron chi connectivity index (χ0n) is 11.5. The van der Waals surface area contributed by atoms with Crippen molar-refractivity contribution in [3.63, 3.8) is 0 Å². The van der Waals surface area contributed by atoms with Gasteiger partial charge in [-0.05, 0) is 38.8 Å². The lowest BCUT2D eigenvalue weighted by molar-refractivity contribution is -0.136. The minimum Gasteiger partial charge on any atom is -0.481 e. The highest BCUT2D eigenvalue weighted by Crippen LogP contribution is 2.17. The second kappa shape index (κ2) is 6.22. The van der Waals surface area contributed by atoms with Crippen LogP contribution in [-0.2, 0) is 11.2 Å². The predicted octanol–water partition coefficient (Wildman–Crippen LogP) is 2.62. The number of aryl methyl sites for hydroxylation is 1. The second-order valence-electron chi connectivity index (χ2n) is 5.38. The highest BCUT2D eigenvalue weighted by atomic mass is 16.4. The smallest absolute Gasteiger partial charge is 0.319 e. The van der Waals surface area contributed by atoms with E-state index in [-0.39, 0.29) is 18.0 Å². The van der Waals surface area contributed by atoms with E-state index >= 15 is 0 Å². The molecule has 0 unspecified atom stereocenters. The summed E-state index contributed by atoms with van der Waals surface area (Å²) < 4.78 is 0. The van der Waals surface area contributed by atoms with Crippen molar-refractivity contribution in [3.05, 3.63) is 29.8 Å². The molecule has 1 aromatic carbocycles. The maximum atomic E-state index is 11.8. The van der Waals surface area contributed by atoms with Crippen molar-refractivity contribution < 1.29 is 14.7 Å². The Balaban J connectivity index is 2.72. The zero-order chi connectivity index (χ0) is 14.5. The first kappa shape index (κ1) is 15.0. The lowest BCUT2D eigenvalue weighted by atomic mass is 10.1. The number of aliphatic carboxylic acids is 1. The molecular weight excluding hydrogens is 244 g/mol. The number of urea groups is 1. The Morgan fingerprint density at radius 2 is 1.84 bits per heavy atom. The van der Waals surface area contributed by atoms with Crippen molar-refractivity contribution in [2.45, 2.75) is 39.2 Å². The van der Waals surface area contributed by atoms with Crippen molar-refractivity contribution in [2.24, 2.45) is 0 Å². The molecule has 1 aromatic rings. The number of para-hydroxylation sites is 1. The third-order valence-corrected chi connectivity index (χ3v) is 2.36. The van der Waals surface area contributed by atoms with Crippen molar-refractivity contribution in [1.29, 1.82) is 0 Å². The van der Waals surface area contributed by atoms with Crippen LogP contribution in [0, 0.1) is 0 Å². The first-order valence-corrected chi connectivity index (χ1v) is 6.17. The summed E-state index contributed by atoms with van der Waals surface area (Å²) in [7, 11) is 0. The molecular formula is C14H20N2O3. The molecule has 0 aromatic heterocycles. The number of hydrogen-bond acceptors (Lipinski definition) is 2. The summed E-state index contributed by atoms with van der Waals surface area (Å²) in [5.41, 5.74) is 1.14. The fourth-order valence-corrected chi connectivity index (χ4v) is 1.60. The van der Waals surface area contributed by atoms with Crippen LogP contribution < -0.4 is 10.6 Å². The quantitative estimate of drug-likeness (QED) is 0.782. The Kier molecular flexibility index (Phi) is 4.92. The van der Waals surface area contributed by atoms with Crippen LogP contribution in [0.3, 0.4) is 0 Å². The lowest BCUT2D eigenvalue weighted by Crippen LogP contribution is -2.43. The van der Waals surface area contributed by atoms with E-state index in [1.165, 1.54) is 0 Å². The van der Waals surface area contributed by atoms with E-state index in [1.807, 2.05) is 32.9 Å². The van der Waals surface area contributed by atoms with Crippen molar-refractivity contribution in [3.8, 4) is 0 Å². The van der Waals surface area contributed by atoms with Crippen molar-refractivity contribution in [2.75, 3.05) is 5.32 Å². The molecule has 0 radical (unpaired) electrons. The molecule has 1 rings (SSSR count). The molecule has 0 atom stereocenters. The van der Waals surface area contributed by atoms with Crippen LogP contribution in [0.15, 0.2) is 24.3 Å². The van der Waals surface area contributed by atoms with Gasteiger partial charge in [0.15, 0.2) is 0 Å². The highest BCUT2D eigenvalue weighted by molar-refractivity contribution is 5.90. The first-order valence-electron chi connectivity index (χ1n) is 6.17. The monoisotopic (exact) mass is 264 g/mol. The van der Waals surface area contributed by atoms with E-state index < -0.39 is 5.97 Å². The first-order chi connectivity index (χ1) is 8.78. The van der Waals surface area contributed by atoms with Gasteiger partial charge in [0.05, 0.1) is 0 Å².